The highest BCUT2D eigenvalue weighted by molar-refractivity contribution is 9.10. The van der Waals surface area contributed by atoms with E-state index in [-0.39, 0.29) is 28.8 Å². The molecule has 1 N–H and O–H groups in total. The summed E-state index contributed by atoms with van der Waals surface area (Å²) < 4.78 is 11.1. The van der Waals surface area contributed by atoms with Crippen molar-refractivity contribution >= 4 is 50.9 Å². The number of carbonyl (C=O) groups excluding carboxylic acids is 1. The lowest BCUT2D eigenvalue weighted by Crippen LogP contribution is -2.13. The van der Waals surface area contributed by atoms with Crippen molar-refractivity contribution in [2.75, 3.05) is 12.1 Å². The summed E-state index contributed by atoms with van der Waals surface area (Å²) in [6, 6.07) is 8.92. The maximum atomic E-state index is 12.4. The van der Waals surface area contributed by atoms with Gasteiger partial charge in [0.2, 0.25) is 6.79 Å². The summed E-state index contributed by atoms with van der Waals surface area (Å²) in [4.78, 5) is 22.7. The van der Waals surface area contributed by atoms with Gasteiger partial charge in [-0.2, -0.15) is 5.26 Å². The molecule has 0 radical (unpaired) electrons. The quantitative estimate of drug-likeness (QED) is 0.322. The van der Waals surface area contributed by atoms with Crippen LogP contribution in [0.15, 0.2) is 40.4 Å². The molecule has 27 heavy (non-hydrogen) atoms. The Morgan fingerprint density at radius 3 is 2.70 bits per heavy atom. The third-order valence-corrected chi connectivity index (χ3v) is 4.56. The molecule has 1 amide bonds. The molecule has 1 aliphatic rings. The van der Waals surface area contributed by atoms with E-state index in [0.29, 0.717) is 21.5 Å². The van der Waals surface area contributed by atoms with Crippen molar-refractivity contribution in [3.63, 3.8) is 0 Å². The van der Waals surface area contributed by atoms with Crippen molar-refractivity contribution in [1.29, 1.82) is 5.26 Å². The van der Waals surface area contributed by atoms with Crippen LogP contribution in [0.1, 0.15) is 5.56 Å². The van der Waals surface area contributed by atoms with E-state index in [4.69, 9.17) is 21.1 Å². The van der Waals surface area contributed by atoms with Crippen LogP contribution >= 0.6 is 27.5 Å². The summed E-state index contributed by atoms with van der Waals surface area (Å²) in [5, 5.41) is 22.7. The summed E-state index contributed by atoms with van der Waals surface area (Å²) >= 11 is 9.09. The Morgan fingerprint density at radius 2 is 2.04 bits per heavy atom. The molecule has 136 valence electrons. The summed E-state index contributed by atoms with van der Waals surface area (Å²) in [6.07, 6.45) is 1.37. The predicted octanol–water partition coefficient (Wildman–Crippen LogP) is 4.29. The average Bonchev–Trinajstić information content (AvgIpc) is 3.07. The van der Waals surface area contributed by atoms with Crippen LogP contribution in [0, 0.1) is 21.4 Å². The molecular formula is C17H9BrClN3O5. The average molecular weight is 451 g/mol. The van der Waals surface area contributed by atoms with Gasteiger partial charge in [0.1, 0.15) is 16.7 Å². The maximum absolute atomic E-state index is 12.4. The van der Waals surface area contributed by atoms with Crippen LogP contribution in [0.2, 0.25) is 5.02 Å². The van der Waals surface area contributed by atoms with Crippen molar-refractivity contribution in [3.8, 4) is 17.6 Å². The van der Waals surface area contributed by atoms with E-state index in [1.54, 1.807) is 12.1 Å². The van der Waals surface area contributed by atoms with E-state index in [1.165, 1.54) is 18.2 Å². The van der Waals surface area contributed by atoms with E-state index >= 15 is 0 Å². The SMILES string of the molecule is N#C/C(=C\c1cc2c(cc1Br)OCO2)C(=O)Nc1ccc(Cl)c([N+](=O)[O-])c1. The van der Waals surface area contributed by atoms with Crippen LogP contribution in [0.3, 0.4) is 0 Å². The number of hydrogen-bond donors (Lipinski definition) is 1. The lowest BCUT2D eigenvalue weighted by atomic mass is 10.1. The maximum Gasteiger partial charge on any atom is 0.289 e. The Bertz CT molecular complexity index is 1030. The van der Waals surface area contributed by atoms with Gasteiger partial charge in [-0.1, -0.05) is 27.5 Å². The van der Waals surface area contributed by atoms with Gasteiger partial charge in [-0.05, 0) is 35.9 Å². The first-order chi connectivity index (χ1) is 12.9. The number of benzene rings is 2. The number of anilines is 1. The van der Waals surface area contributed by atoms with Crippen molar-refractivity contribution in [2.24, 2.45) is 0 Å². The minimum atomic E-state index is -0.723. The smallest absolute Gasteiger partial charge is 0.289 e. The van der Waals surface area contributed by atoms with E-state index in [1.807, 2.05) is 6.07 Å². The highest BCUT2D eigenvalue weighted by atomic mass is 79.9. The summed E-state index contributed by atoms with van der Waals surface area (Å²) in [6.45, 7) is 0.0931. The number of nitrogens with zero attached hydrogens (tertiary/aromatic N) is 2. The van der Waals surface area contributed by atoms with Gasteiger partial charge in [-0.3, -0.25) is 14.9 Å². The molecule has 0 aromatic heterocycles. The topological polar surface area (TPSA) is 114 Å². The fraction of sp³-hybridized carbons (Fsp3) is 0.0588. The number of fused-ring (bicyclic) bond motifs is 1. The van der Waals surface area contributed by atoms with Crippen molar-refractivity contribution in [2.45, 2.75) is 0 Å². The summed E-state index contributed by atoms with van der Waals surface area (Å²) in [5.74, 6) is 0.324. The van der Waals surface area contributed by atoms with E-state index in [2.05, 4.69) is 21.2 Å². The molecule has 3 rings (SSSR count). The first-order valence-electron chi connectivity index (χ1n) is 7.35. The number of rotatable bonds is 4. The molecule has 0 aliphatic carbocycles. The van der Waals surface area contributed by atoms with Gasteiger partial charge in [0.15, 0.2) is 11.5 Å². The van der Waals surface area contributed by atoms with Gasteiger partial charge in [-0.15, -0.1) is 0 Å². The molecule has 0 spiro atoms. The van der Waals surface area contributed by atoms with Crippen LogP contribution in [0.25, 0.3) is 6.08 Å². The molecule has 1 heterocycles. The van der Waals surface area contributed by atoms with E-state index < -0.39 is 10.8 Å². The standard InChI is InChI=1S/C17H9BrClN3O5/c18-12-6-16-15(26-8-27-16)4-9(12)3-10(7-20)17(23)21-11-1-2-13(19)14(5-11)22(24)25/h1-6H,8H2,(H,21,23)/b10-3+. The predicted molar refractivity (Wildman–Crippen MR) is 101 cm³/mol. The number of carbonyl (C=O) groups is 1. The number of halogens is 2. The van der Waals surface area contributed by atoms with Gasteiger partial charge < -0.3 is 14.8 Å². The lowest BCUT2D eigenvalue weighted by molar-refractivity contribution is -0.384. The molecule has 0 atom stereocenters. The molecule has 2 aromatic carbocycles. The van der Waals surface area contributed by atoms with E-state index in [9.17, 15) is 20.2 Å². The molecule has 0 saturated carbocycles. The molecule has 0 fully saturated rings. The third-order valence-electron chi connectivity index (χ3n) is 3.56. The van der Waals surface area contributed by atoms with Gasteiger partial charge in [0, 0.05) is 16.2 Å². The minimum Gasteiger partial charge on any atom is -0.454 e. The number of amides is 1. The minimum absolute atomic E-state index is 0.0571. The monoisotopic (exact) mass is 449 g/mol. The third kappa shape index (κ3) is 4.02. The number of nitriles is 1. The van der Waals surface area contributed by atoms with Gasteiger partial charge >= 0.3 is 0 Å². The number of ether oxygens (including phenoxy) is 2. The van der Waals surface area contributed by atoms with Crippen molar-refractivity contribution in [3.05, 3.63) is 61.1 Å². The second-order valence-electron chi connectivity index (χ2n) is 5.27. The summed E-state index contributed by atoms with van der Waals surface area (Å²) in [5.41, 5.74) is 0.123. The molecule has 0 saturated heterocycles. The number of nitro groups is 1. The Hall–Kier alpha value is -3.09. The Morgan fingerprint density at radius 1 is 1.33 bits per heavy atom. The van der Waals surface area contributed by atoms with Gasteiger partial charge in [-0.25, -0.2) is 0 Å². The first kappa shape index (κ1) is 18.7. The Balaban J connectivity index is 1.87. The van der Waals surface area contributed by atoms with Crippen molar-refractivity contribution in [1.82, 2.24) is 0 Å². The highest BCUT2D eigenvalue weighted by Gasteiger charge is 2.18. The fourth-order valence-corrected chi connectivity index (χ4v) is 2.90. The number of nitrogens with one attached hydrogen (secondary N) is 1. The van der Waals surface area contributed by atoms with Crippen LogP contribution < -0.4 is 14.8 Å². The second-order valence-corrected chi connectivity index (χ2v) is 6.54. The van der Waals surface area contributed by atoms with Gasteiger partial charge in [0.25, 0.3) is 11.6 Å². The van der Waals surface area contributed by atoms with E-state index in [0.717, 1.165) is 6.07 Å². The normalized spacial score (nSPS) is 12.4. The van der Waals surface area contributed by atoms with Crippen LogP contribution in [-0.4, -0.2) is 17.6 Å². The molecular weight excluding hydrogens is 442 g/mol. The molecule has 8 nitrogen and oxygen atoms in total. The Labute approximate surface area is 166 Å². The zero-order chi connectivity index (χ0) is 19.6. The zero-order valence-electron chi connectivity index (χ0n) is 13.4. The first-order valence-corrected chi connectivity index (χ1v) is 8.52. The molecule has 0 unspecified atom stereocenters. The van der Waals surface area contributed by atoms with Crippen LogP contribution in [0.4, 0.5) is 11.4 Å². The second kappa shape index (κ2) is 7.65. The number of hydrogen-bond acceptors (Lipinski definition) is 6. The van der Waals surface area contributed by atoms with Gasteiger partial charge in [0.05, 0.1) is 4.92 Å². The molecule has 1 aliphatic heterocycles. The fourth-order valence-electron chi connectivity index (χ4n) is 2.28. The molecule has 0 bridgehead atoms. The highest BCUT2D eigenvalue weighted by Crippen LogP contribution is 2.37. The molecule has 10 heteroatoms. The molecule has 2 aromatic rings. The van der Waals surface area contributed by atoms with Crippen molar-refractivity contribution < 1.29 is 19.2 Å². The largest absolute Gasteiger partial charge is 0.454 e. The summed E-state index contributed by atoms with van der Waals surface area (Å²) in [7, 11) is 0. The van der Waals surface area contributed by atoms with Crippen LogP contribution in [-0.2, 0) is 4.79 Å². The number of nitro benzene ring substituents is 1. The zero-order valence-corrected chi connectivity index (χ0v) is 15.7. The Kier molecular flexibility index (Phi) is 5.30. The lowest BCUT2D eigenvalue weighted by Gasteiger charge is -2.06. The van der Waals surface area contributed by atoms with Crippen LogP contribution in [0.5, 0.6) is 11.5 Å².